The first-order chi connectivity index (χ1) is 14.6. The van der Waals surface area contributed by atoms with E-state index in [9.17, 15) is 4.79 Å². The van der Waals surface area contributed by atoms with Gasteiger partial charge in [-0.2, -0.15) is 0 Å². The first-order valence-electron chi connectivity index (χ1n) is 11.3. The maximum absolute atomic E-state index is 12.9. The molecule has 0 bridgehead atoms. The van der Waals surface area contributed by atoms with E-state index < -0.39 is 0 Å². The maximum atomic E-state index is 12.9. The highest BCUT2D eigenvalue weighted by molar-refractivity contribution is 5.97. The van der Waals surface area contributed by atoms with E-state index in [0.29, 0.717) is 18.4 Å². The molecule has 1 atom stereocenters. The fraction of sp³-hybridized carbons (Fsp3) is 0.652. The number of aryl methyl sites for hydroxylation is 1. The first-order valence-corrected chi connectivity index (χ1v) is 11.3. The van der Waals surface area contributed by atoms with Crippen molar-refractivity contribution in [3.8, 4) is 0 Å². The smallest absolute Gasteiger partial charge is 0.248 e. The lowest BCUT2D eigenvalue weighted by atomic mass is 10.0. The van der Waals surface area contributed by atoms with Gasteiger partial charge >= 0.3 is 0 Å². The second-order valence-electron chi connectivity index (χ2n) is 8.50. The number of morpholine rings is 1. The van der Waals surface area contributed by atoms with Crippen molar-refractivity contribution >= 4 is 17.6 Å². The molecule has 2 aliphatic rings. The van der Waals surface area contributed by atoms with Crippen LogP contribution in [0.4, 0.5) is 5.69 Å². The molecule has 1 fully saturated rings. The number of nitrogens with one attached hydrogen (secondary N) is 2. The Morgan fingerprint density at radius 2 is 2.10 bits per heavy atom. The zero-order chi connectivity index (χ0) is 21.3. The van der Waals surface area contributed by atoms with Crippen molar-refractivity contribution in [3.63, 3.8) is 0 Å². The molecule has 1 aromatic rings. The Kier molecular flexibility index (Phi) is 8.51. The van der Waals surface area contributed by atoms with Crippen molar-refractivity contribution in [2.24, 2.45) is 10.9 Å². The second kappa shape index (κ2) is 11.3. The fourth-order valence-corrected chi connectivity index (χ4v) is 4.16. The largest absolute Gasteiger partial charge is 0.374 e. The lowest BCUT2D eigenvalue weighted by Gasteiger charge is -2.34. The van der Waals surface area contributed by atoms with Gasteiger partial charge in [0.1, 0.15) is 6.54 Å². The minimum Gasteiger partial charge on any atom is -0.374 e. The molecular formula is C23H37N5O2. The molecule has 0 spiro atoms. The van der Waals surface area contributed by atoms with Crippen LogP contribution in [0.1, 0.15) is 32.8 Å². The summed E-state index contributed by atoms with van der Waals surface area (Å²) in [5.74, 6) is 1.36. The SMILES string of the molecule is CCNC(=NCC(=O)N1CCCc2ccccc21)NCC1CN(CC(C)C)CCO1. The maximum Gasteiger partial charge on any atom is 0.248 e. The number of ether oxygens (including phenoxy) is 1. The Morgan fingerprint density at radius 3 is 2.90 bits per heavy atom. The van der Waals surface area contributed by atoms with Gasteiger partial charge in [0, 0.05) is 45.0 Å². The normalized spacial score (nSPS) is 20.2. The van der Waals surface area contributed by atoms with Crippen LogP contribution in [-0.2, 0) is 16.0 Å². The summed E-state index contributed by atoms with van der Waals surface area (Å²) in [6.45, 7) is 12.6. The third-order valence-electron chi connectivity index (χ3n) is 5.47. The standard InChI is InChI=1S/C23H37N5O2/c1-4-24-23(25-14-20-17-27(12-13-30-20)16-18(2)3)26-15-22(29)28-11-7-9-19-8-5-6-10-21(19)28/h5-6,8,10,18,20H,4,7,9,11-17H2,1-3H3,(H2,24,25,26). The highest BCUT2D eigenvalue weighted by atomic mass is 16.5. The van der Waals surface area contributed by atoms with Gasteiger partial charge in [-0.15, -0.1) is 0 Å². The van der Waals surface area contributed by atoms with E-state index in [1.54, 1.807) is 0 Å². The Bertz CT molecular complexity index is 721. The zero-order valence-electron chi connectivity index (χ0n) is 18.7. The van der Waals surface area contributed by atoms with Gasteiger partial charge in [-0.05, 0) is 37.3 Å². The zero-order valence-corrected chi connectivity index (χ0v) is 18.7. The molecular weight excluding hydrogens is 378 g/mol. The van der Waals surface area contributed by atoms with E-state index >= 15 is 0 Å². The Balaban J connectivity index is 1.54. The third-order valence-corrected chi connectivity index (χ3v) is 5.47. The van der Waals surface area contributed by atoms with Crippen LogP contribution in [0.25, 0.3) is 0 Å². The number of hydrogen-bond acceptors (Lipinski definition) is 4. The number of nitrogens with zero attached hydrogens (tertiary/aromatic N) is 3. The minimum absolute atomic E-state index is 0.0383. The number of anilines is 1. The molecule has 2 N–H and O–H groups in total. The summed E-state index contributed by atoms with van der Waals surface area (Å²) in [5.41, 5.74) is 2.27. The number of fused-ring (bicyclic) bond motifs is 1. The molecule has 3 rings (SSSR count). The van der Waals surface area contributed by atoms with Crippen molar-refractivity contribution in [3.05, 3.63) is 29.8 Å². The number of rotatable bonds is 7. The van der Waals surface area contributed by atoms with E-state index in [-0.39, 0.29) is 18.6 Å². The number of hydrogen-bond donors (Lipinski definition) is 2. The predicted octanol–water partition coefficient (Wildman–Crippen LogP) is 1.88. The molecule has 0 aromatic heterocycles. The van der Waals surface area contributed by atoms with E-state index in [1.807, 2.05) is 30.0 Å². The van der Waals surface area contributed by atoms with Crippen molar-refractivity contribution in [2.45, 2.75) is 39.7 Å². The molecule has 7 heteroatoms. The molecule has 1 unspecified atom stereocenters. The van der Waals surface area contributed by atoms with Crippen LogP contribution in [0.2, 0.25) is 0 Å². The van der Waals surface area contributed by atoms with Crippen molar-refractivity contribution in [1.82, 2.24) is 15.5 Å². The molecule has 1 saturated heterocycles. The number of carbonyl (C=O) groups excluding carboxylic acids is 1. The van der Waals surface area contributed by atoms with Gasteiger partial charge in [0.2, 0.25) is 5.91 Å². The number of benzene rings is 1. The van der Waals surface area contributed by atoms with Crippen LogP contribution < -0.4 is 15.5 Å². The summed E-state index contributed by atoms with van der Waals surface area (Å²) in [6, 6.07) is 8.17. The fourth-order valence-electron chi connectivity index (χ4n) is 4.16. The monoisotopic (exact) mass is 415 g/mol. The highest BCUT2D eigenvalue weighted by Gasteiger charge is 2.23. The van der Waals surface area contributed by atoms with Crippen LogP contribution in [-0.4, -0.2) is 75.3 Å². The summed E-state index contributed by atoms with van der Waals surface area (Å²) in [7, 11) is 0. The van der Waals surface area contributed by atoms with Gasteiger partial charge in [-0.1, -0.05) is 32.0 Å². The van der Waals surface area contributed by atoms with Crippen LogP contribution in [0, 0.1) is 5.92 Å². The van der Waals surface area contributed by atoms with E-state index in [2.05, 4.69) is 40.4 Å². The summed E-state index contributed by atoms with van der Waals surface area (Å²) >= 11 is 0. The van der Waals surface area contributed by atoms with Crippen molar-refractivity contribution < 1.29 is 9.53 Å². The predicted molar refractivity (Wildman–Crippen MR) is 122 cm³/mol. The Hall–Kier alpha value is -2.12. The van der Waals surface area contributed by atoms with Crippen LogP contribution in [0.5, 0.6) is 0 Å². The van der Waals surface area contributed by atoms with Gasteiger partial charge in [0.05, 0.1) is 12.7 Å². The van der Waals surface area contributed by atoms with Gasteiger partial charge in [-0.25, -0.2) is 4.99 Å². The third kappa shape index (κ3) is 6.44. The summed E-state index contributed by atoms with van der Waals surface area (Å²) < 4.78 is 5.92. The average molecular weight is 416 g/mol. The highest BCUT2D eigenvalue weighted by Crippen LogP contribution is 2.26. The minimum atomic E-state index is 0.0383. The van der Waals surface area contributed by atoms with Crippen molar-refractivity contribution in [2.75, 3.05) is 57.3 Å². The molecule has 166 valence electrons. The quantitative estimate of drug-likeness (QED) is 0.526. The summed E-state index contributed by atoms with van der Waals surface area (Å²) in [5, 5.41) is 6.60. The summed E-state index contributed by atoms with van der Waals surface area (Å²) in [4.78, 5) is 21.7. The molecule has 0 aliphatic carbocycles. The number of para-hydroxylation sites is 1. The molecule has 30 heavy (non-hydrogen) atoms. The number of guanidine groups is 1. The van der Waals surface area contributed by atoms with E-state index in [0.717, 1.165) is 57.9 Å². The second-order valence-corrected chi connectivity index (χ2v) is 8.50. The Labute approximate surface area is 180 Å². The molecule has 0 saturated carbocycles. The lowest BCUT2D eigenvalue weighted by Crippen LogP contribution is -2.50. The van der Waals surface area contributed by atoms with E-state index in [4.69, 9.17) is 4.74 Å². The number of amides is 1. The molecule has 2 aliphatic heterocycles. The van der Waals surface area contributed by atoms with Gasteiger partial charge in [0.25, 0.3) is 0 Å². The average Bonchev–Trinajstić information content (AvgIpc) is 2.75. The van der Waals surface area contributed by atoms with Crippen molar-refractivity contribution in [1.29, 1.82) is 0 Å². The number of aliphatic imine (C=N–C) groups is 1. The molecule has 2 heterocycles. The molecule has 1 aromatic carbocycles. The summed E-state index contributed by atoms with van der Waals surface area (Å²) in [6.07, 6.45) is 2.16. The lowest BCUT2D eigenvalue weighted by molar-refractivity contribution is -0.117. The topological polar surface area (TPSA) is 69.2 Å². The van der Waals surface area contributed by atoms with Gasteiger partial charge in [-0.3, -0.25) is 9.69 Å². The molecule has 0 radical (unpaired) electrons. The molecule has 1 amide bonds. The van der Waals surface area contributed by atoms with Gasteiger partial charge < -0.3 is 20.3 Å². The van der Waals surface area contributed by atoms with Crippen LogP contribution in [0.3, 0.4) is 0 Å². The number of carbonyl (C=O) groups is 1. The Morgan fingerprint density at radius 1 is 1.27 bits per heavy atom. The van der Waals surface area contributed by atoms with Crippen LogP contribution >= 0.6 is 0 Å². The van der Waals surface area contributed by atoms with Gasteiger partial charge in [0.15, 0.2) is 5.96 Å². The van der Waals surface area contributed by atoms with E-state index in [1.165, 1.54) is 5.56 Å². The molecule has 7 nitrogen and oxygen atoms in total. The van der Waals surface area contributed by atoms with Crippen LogP contribution in [0.15, 0.2) is 29.3 Å². The first kappa shape index (κ1) is 22.6.